The summed E-state index contributed by atoms with van der Waals surface area (Å²) in [5, 5.41) is 3.77. The molecule has 0 aliphatic carbocycles. The molecule has 1 atom stereocenters. The van der Waals surface area contributed by atoms with Crippen molar-refractivity contribution in [1.29, 1.82) is 0 Å². The van der Waals surface area contributed by atoms with E-state index in [-0.39, 0.29) is 23.3 Å². The summed E-state index contributed by atoms with van der Waals surface area (Å²) < 4.78 is 5.67. The van der Waals surface area contributed by atoms with Crippen molar-refractivity contribution in [2.45, 2.75) is 37.5 Å². The van der Waals surface area contributed by atoms with E-state index in [4.69, 9.17) is 27.9 Å². The minimum atomic E-state index is -0.371. The number of ether oxygens (including phenoxy) is 1. The Hall–Kier alpha value is -3.06. The molecule has 1 heterocycles. The first-order valence-electron chi connectivity index (χ1n) is 14.3. The normalized spacial score (nSPS) is 15.6. The molecule has 3 aromatic rings. The molecule has 1 aliphatic heterocycles. The number of amides is 2. The second kappa shape index (κ2) is 14.7. The van der Waals surface area contributed by atoms with Crippen molar-refractivity contribution in [3.8, 4) is 0 Å². The highest BCUT2D eigenvalue weighted by Crippen LogP contribution is 2.37. The number of carbonyl (C=O) groups excluding carboxylic acids is 2. The maximum Gasteiger partial charge on any atom is 0.407 e. The van der Waals surface area contributed by atoms with Crippen LogP contribution in [-0.2, 0) is 10.2 Å². The summed E-state index contributed by atoms with van der Waals surface area (Å²) >= 11 is 12.6. The second-order valence-corrected chi connectivity index (χ2v) is 11.6. The zero-order valence-corrected chi connectivity index (χ0v) is 25.3. The van der Waals surface area contributed by atoms with Gasteiger partial charge in [-0.05, 0) is 81.2 Å². The molecule has 218 valence electrons. The number of rotatable bonds is 11. The van der Waals surface area contributed by atoms with Gasteiger partial charge in [-0.15, -0.1) is 0 Å². The third-order valence-electron chi connectivity index (χ3n) is 8.07. The second-order valence-electron chi connectivity index (χ2n) is 10.8. The van der Waals surface area contributed by atoms with Crippen molar-refractivity contribution in [3.05, 3.63) is 106 Å². The Bertz CT molecular complexity index is 1280. The predicted octanol–water partition coefficient (Wildman–Crippen LogP) is 7.02. The predicted molar refractivity (Wildman–Crippen MR) is 166 cm³/mol. The lowest BCUT2D eigenvalue weighted by Crippen LogP contribution is -2.46. The van der Waals surface area contributed by atoms with Gasteiger partial charge in [-0.2, -0.15) is 0 Å². The smallest absolute Gasteiger partial charge is 0.407 e. The third-order valence-corrected chi connectivity index (χ3v) is 8.81. The summed E-state index contributed by atoms with van der Waals surface area (Å²) in [5.74, 6) is 0.0812. The van der Waals surface area contributed by atoms with Gasteiger partial charge in [0.1, 0.15) is 6.61 Å². The van der Waals surface area contributed by atoms with Gasteiger partial charge in [0.15, 0.2) is 0 Å². The van der Waals surface area contributed by atoms with E-state index in [1.807, 2.05) is 80.7 Å². The van der Waals surface area contributed by atoms with E-state index in [0.717, 1.165) is 44.5 Å². The minimum Gasteiger partial charge on any atom is -0.449 e. The Labute approximate surface area is 253 Å². The van der Waals surface area contributed by atoms with Crippen molar-refractivity contribution in [1.82, 2.24) is 15.1 Å². The Morgan fingerprint density at radius 3 is 2.27 bits per heavy atom. The standard InChI is InChI=1S/C33H39Cl2N3O3/c1-3-36-32(40)41-24-33(28-12-8-5-9-13-28)17-20-38(21-18-33)19-16-27(26-14-15-29(34)30(35)22-26)23-37(2)31(39)25-10-6-4-7-11-25/h4-15,22,27H,3,16-21,23-24H2,1-2H3,(H,36,40). The van der Waals surface area contributed by atoms with Gasteiger partial charge in [0.2, 0.25) is 0 Å². The molecule has 41 heavy (non-hydrogen) atoms. The van der Waals surface area contributed by atoms with E-state index >= 15 is 0 Å². The molecule has 1 aliphatic rings. The summed E-state index contributed by atoms with van der Waals surface area (Å²) in [6.07, 6.45) is 2.27. The molecule has 0 spiro atoms. The fourth-order valence-corrected chi connectivity index (χ4v) is 5.90. The summed E-state index contributed by atoms with van der Waals surface area (Å²) in [6.45, 7) is 5.99. The van der Waals surface area contributed by atoms with Crippen LogP contribution >= 0.6 is 23.2 Å². The van der Waals surface area contributed by atoms with Crippen LogP contribution in [0.25, 0.3) is 0 Å². The van der Waals surface area contributed by atoms with Crippen LogP contribution in [0.4, 0.5) is 4.79 Å². The SMILES string of the molecule is CCNC(=O)OCC1(c2ccccc2)CCN(CCC(CN(C)C(=O)c2ccccc2)c2ccc(Cl)c(Cl)c2)CC1. The minimum absolute atomic E-state index is 0.00612. The van der Waals surface area contributed by atoms with Crippen LogP contribution in [0.5, 0.6) is 0 Å². The molecular formula is C33H39Cl2N3O3. The Balaban J connectivity index is 1.44. The first-order valence-corrected chi connectivity index (χ1v) is 15.0. The number of likely N-dealkylation sites (N-methyl/N-ethyl adjacent to an activating group) is 1. The summed E-state index contributed by atoms with van der Waals surface area (Å²) in [4.78, 5) is 29.5. The fourth-order valence-electron chi connectivity index (χ4n) is 5.59. The zero-order chi connectivity index (χ0) is 29.2. The van der Waals surface area contributed by atoms with Gasteiger partial charge in [-0.3, -0.25) is 4.79 Å². The summed E-state index contributed by atoms with van der Waals surface area (Å²) in [7, 11) is 1.85. The van der Waals surface area contributed by atoms with E-state index in [2.05, 4.69) is 22.3 Å². The molecular weight excluding hydrogens is 557 g/mol. The van der Waals surface area contributed by atoms with E-state index < -0.39 is 0 Å². The molecule has 1 saturated heterocycles. The molecule has 0 saturated carbocycles. The van der Waals surface area contributed by atoms with Gasteiger partial charge in [0.25, 0.3) is 5.91 Å². The van der Waals surface area contributed by atoms with Gasteiger partial charge < -0.3 is 19.9 Å². The highest BCUT2D eigenvalue weighted by atomic mass is 35.5. The highest BCUT2D eigenvalue weighted by Gasteiger charge is 2.37. The molecule has 1 unspecified atom stereocenters. The lowest BCUT2D eigenvalue weighted by atomic mass is 9.73. The van der Waals surface area contributed by atoms with Crippen molar-refractivity contribution in [2.24, 2.45) is 0 Å². The number of carbonyl (C=O) groups is 2. The average Bonchev–Trinajstić information content (AvgIpc) is 3.00. The first-order chi connectivity index (χ1) is 19.8. The molecule has 6 nitrogen and oxygen atoms in total. The molecule has 3 aromatic carbocycles. The van der Waals surface area contributed by atoms with Crippen molar-refractivity contribution in [2.75, 3.05) is 46.4 Å². The molecule has 4 rings (SSSR count). The van der Waals surface area contributed by atoms with Crippen LogP contribution in [0, 0.1) is 0 Å². The van der Waals surface area contributed by atoms with Gasteiger partial charge in [-0.1, -0.05) is 77.8 Å². The van der Waals surface area contributed by atoms with Crippen LogP contribution < -0.4 is 5.32 Å². The molecule has 2 amide bonds. The molecule has 1 fully saturated rings. The van der Waals surface area contributed by atoms with E-state index in [9.17, 15) is 9.59 Å². The fraction of sp³-hybridized carbons (Fsp3) is 0.394. The maximum atomic E-state index is 13.1. The maximum absolute atomic E-state index is 13.1. The number of hydrogen-bond donors (Lipinski definition) is 1. The Kier molecular flexibility index (Phi) is 11.1. The number of piperidine rings is 1. The number of nitrogens with one attached hydrogen (secondary N) is 1. The zero-order valence-electron chi connectivity index (χ0n) is 23.8. The van der Waals surface area contributed by atoms with Crippen molar-refractivity contribution in [3.63, 3.8) is 0 Å². The largest absolute Gasteiger partial charge is 0.449 e. The van der Waals surface area contributed by atoms with E-state index in [0.29, 0.717) is 35.3 Å². The number of halogens is 2. The van der Waals surface area contributed by atoms with Crippen LogP contribution in [-0.4, -0.2) is 68.2 Å². The van der Waals surface area contributed by atoms with Crippen LogP contribution in [0.2, 0.25) is 10.0 Å². The Morgan fingerprint density at radius 2 is 1.63 bits per heavy atom. The van der Waals surface area contributed by atoms with E-state index in [1.54, 1.807) is 4.90 Å². The summed E-state index contributed by atoms with van der Waals surface area (Å²) in [5.41, 5.74) is 2.73. The van der Waals surface area contributed by atoms with Gasteiger partial charge in [0, 0.05) is 37.0 Å². The quantitative estimate of drug-likeness (QED) is 0.259. The highest BCUT2D eigenvalue weighted by molar-refractivity contribution is 6.42. The van der Waals surface area contributed by atoms with Crippen LogP contribution in [0.1, 0.15) is 53.6 Å². The first kappa shape index (κ1) is 30.9. The molecule has 8 heteroatoms. The van der Waals surface area contributed by atoms with Gasteiger partial charge in [0.05, 0.1) is 10.0 Å². The van der Waals surface area contributed by atoms with Gasteiger partial charge in [-0.25, -0.2) is 4.79 Å². The topological polar surface area (TPSA) is 61.9 Å². The molecule has 0 aromatic heterocycles. The number of alkyl carbamates (subject to hydrolysis) is 1. The van der Waals surface area contributed by atoms with Crippen LogP contribution in [0.15, 0.2) is 78.9 Å². The monoisotopic (exact) mass is 595 g/mol. The number of benzene rings is 3. The Morgan fingerprint density at radius 1 is 0.976 bits per heavy atom. The average molecular weight is 597 g/mol. The van der Waals surface area contributed by atoms with Crippen molar-refractivity contribution >= 4 is 35.2 Å². The van der Waals surface area contributed by atoms with Gasteiger partial charge >= 0.3 is 6.09 Å². The lowest BCUT2D eigenvalue weighted by molar-refractivity contribution is 0.0727. The number of nitrogens with zero attached hydrogens (tertiary/aromatic N) is 2. The molecule has 0 radical (unpaired) electrons. The lowest BCUT2D eigenvalue weighted by Gasteiger charge is -2.42. The molecule has 0 bridgehead atoms. The molecule has 1 N–H and O–H groups in total. The van der Waals surface area contributed by atoms with E-state index in [1.165, 1.54) is 5.56 Å². The number of likely N-dealkylation sites (tertiary alicyclic amines) is 1. The number of hydrogen-bond acceptors (Lipinski definition) is 4. The van der Waals surface area contributed by atoms with Crippen molar-refractivity contribution < 1.29 is 14.3 Å². The summed E-state index contributed by atoms with van der Waals surface area (Å²) in [6, 6.07) is 25.5. The third kappa shape index (κ3) is 8.25. The van der Waals surface area contributed by atoms with Crippen LogP contribution in [0.3, 0.4) is 0 Å².